The van der Waals surface area contributed by atoms with Crippen molar-refractivity contribution in [3.05, 3.63) is 40.9 Å². The second-order valence-electron chi connectivity index (χ2n) is 6.31. The van der Waals surface area contributed by atoms with Crippen LogP contribution in [-0.4, -0.2) is 23.5 Å². The maximum absolute atomic E-state index is 12.8. The highest BCUT2D eigenvalue weighted by Gasteiger charge is 2.32. The Bertz CT molecular complexity index is 698. The lowest BCUT2D eigenvalue weighted by molar-refractivity contribution is -0.117. The number of benzene rings is 1. The van der Waals surface area contributed by atoms with Crippen molar-refractivity contribution in [2.75, 3.05) is 16.8 Å². The second-order valence-corrected chi connectivity index (χ2v) is 7.18. The number of carbonyl (C=O) groups is 1. The Morgan fingerprint density at radius 3 is 3.04 bits per heavy atom. The van der Waals surface area contributed by atoms with Gasteiger partial charge < -0.3 is 10.2 Å². The van der Waals surface area contributed by atoms with Crippen LogP contribution < -0.4 is 10.2 Å². The molecule has 0 bridgehead atoms. The van der Waals surface area contributed by atoms with E-state index in [-0.39, 0.29) is 11.9 Å². The predicted molar refractivity (Wildman–Crippen MR) is 94.2 cm³/mol. The lowest BCUT2D eigenvalue weighted by atomic mass is 9.90. The Kier molecular flexibility index (Phi) is 4.04. The van der Waals surface area contributed by atoms with Gasteiger partial charge in [-0.1, -0.05) is 12.1 Å². The quantitative estimate of drug-likeness (QED) is 0.936. The molecule has 0 unspecified atom stereocenters. The van der Waals surface area contributed by atoms with Crippen LogP contribution in [0.25, 0.3) is 0 Å². The summed E-state index contributed by atoms with van der Waals surface area (Å²) in [5, 5.41) is 6.12. The molecule has 1 aliphatic heterocycles. The molecule has 1 N–H and O–H groups in total. The largest absolute Gasteiger partial charge is 0.336 e. The van der Waals surface area contributed by atoms with Gasteiger partial charge in [0.25, 0.3) is 0 Å². The number of rotatable bonds is 3. The van der Waals surface area contributed by atoms with Gasteiger partial charge >= 0.3 is 0 Å². The summed E-state index contributed by atoms with van der Waals surface area (Å²) in [5.74, 6) is 0.108. The minimum Gasteiger partial charge on any atom is -0.336 e. The SMILES string of the molecule is O=C(Nc1cccc2c1CCCC2)[C@H]1CCCN1c1nccs1. The van der Waals surface area contributed by atoms with Crippen LogP contribution in [0.15, 0.2) is 29.8 Å². The van der Waals surface area contributed by atoms with Crippen LogP contribution in [0, 0.1) is 0 Å². The van der Waals surface area contributed by atoms with E-state index in [1.807, 2.05) is 11.4 Å². The molecule has 2 heterocycles. The lowest BCUT2D eigenvalue weighted by Gasteiger charge is -2.25. The Hall–Kier alpha value is -1.88. The zero-order valence-corrected chi connectivity index (χ0v) is 13.9. The molecule has 4 rings (SSSR count). The molecule has 5 heteroatoms. The van der Waals surface area contributed by atoms with Crippen LogP contribution in [-0.2, 0) is 17.6 Å². The standard InChI is InChI=1S/C18H21N3OS/c22-17(16-9-4-11-21(16)18-19-10-12-23-18)20-15-8-3-6-13-5-1-2-7-14(13)15/h3,6,8,10,12,16H,1-2,4-5,7,9,11H2,(H,20,22)/t16-/m1/s1. The fraction of sp³-hybridized carbons (Fsp3) is 0.444. The first-order chi connectivity index (χ1) is 11.3. The topological polar surface area (TPSA) is 45.2 Å². The van der Waals surface area contributed by atoms with E-state index in [1.165, 1.54) is 24.0 Å². The summed E-state index contributed by atoms with van der Waals surface area (Å²) in [6.07, 6.45) is 8.44. The maximum atomic E-state index is 12.8. The molecule has 2 aliphatic rings. The van der Waals surface area contributed by atoms with Crippen LogP contribution in [0.2, 0.25) is 0 Å². The summed E-state index contributed by atoms with van der Waals surface area (Å²) in [5.41, 5.74) is 3.75. The van der Waals surface area contributed by atoms with Crippen molar-refractivity contribution in [1.29, 1.82) is 0 Å². The van der Waals surface area contributed by atoms with Crippen LogP contribution in [0.4, 0.5) is 10.8 Å². The third-order valence-electron chi connectivity index (χ3n) is 4.87. The van der Waals surface area contributed by atoms with Gasteiger partial charge in [-0.25, -0.2) is 4.98 Å². The van der Waals surface area contributed by atoms with Crippen molar-refractivity contribution in [3.63, 3.8) is 0 Å². The molecule has 1 aromatic carbocycles. The highest BCUT2D eigenvalue weighted by molar-refractivity contribution is 7.13. The molecule has 2 aromatic rings. The van der Waals surface area contributed by atoms with Gasteiger partial charge in [0.2, 0.25) is 5.91 Å². The average Bonchev–Trinajstić information content (AvgIpc) is 3.26. The molecule has 1 atom stereocenters. The first kappa shape index (κ1) is 14.7. The van der Waals surface area contributed by atoms with E-state index in [9.17, 15) is 4.79 Å². The Morgan fingerprint density at radius 2 is 2.17 bits per heavy atom. The Balaban J connectivity index is 1.54. The molecule has 1 aromatic heterocycles. The van der Waals surface area contributed by atoms with Gasteiger partial charge in [-0.05, 0) is 55.7 Å². The fourth-order valence-electron chi connectivity index (χ4n) is 3.74. The van der Waals surface area contributed by atoms with Crippen molar-refractivity contribution >= 4 is 28.1 Å². The zero-order chi connectivity index (χ0) is 15.6. The third kappa shape index (κ3) is 2.85. The van der Waals surface area contributed by atoms with Crippen LogP contribution >= 0.6 is 11.3 Å². The summed E-state index contributed by atoms with van der Waals surface area (Å²) in [6.45, 7) is 0.915. The van der Waals surface area contributed by atoms with E-state index < -0.39 is 0 Å². The van der Waals surface area contributed by atoms with Gasteiger partial charge in [0.1, 0.15) is 6.04 Å². The van der Waals surface area contributed by atoms with Gasteiger partial charge in [0.15, 0.2) is 5.13 Å². The Morgan fingerprint density at radius 1 is 1.26 bits per heavy atom. The highest BCUT2D eigenvalue weighted by Crippen LogP contribution is 2.30. The molecule has 0 spiro atoms. The van der Waals surface area contributed by atoms with E-state index in [0.29, 0.717) is 0 Å². The first-order valence-electron chi connectivity index (χ1n) is 8.41. The van der Waals surface area contributed by atoms with Crippen molar-refractivity contribution in [1.82, 2.24) is 4.98 Å². The minimum absolute atomic E-state index is 0.0967. The molecule has 1 saturated heterocycles. The van der Waals surface area contributed by atoms with Gasteiger partial charge in [-0.15, -0.1) is 11.3 Å². The van der Waals surface area contributed by atoms with E-state index in [0.717, 1.165) is 43.0 Å². The number of hydrogen-bond acceptors (Lipinski definition) is 4. The summed E-state index contributed by atoms with van der Waals surface area (Å²) in [4.78, 5) is 19.4. The van der Waals surface area contributed by atoms with Gasteiger partial charge in [0.05, 0.1) is 0 Å². The summed E-state index contributed by atoms with van der Waals surface area (Å²) >= 11 is 1.61. The monoisotopic (exact) mass is 327 g/mol. The molecule has 120 valence electrons. The molecule has 1 amide bonds. The number of anilines is 2. The zero-order valence-electron chi connectivity index (χ0n) is 13.1. The van der Waals surface area contributed by atoms with E-state index in [4.69, 9.17) is 0 Å². The van der Waals surface area contributed by atoms with Crippen LogP contribution in [0.1, 0.15) is 36.8 Å². The number of thiazole rings is 1. The number of amides is 1. The molecule has 4 nitrogen and oxygen atoms in total. The van der Waals surface area contributed by atoms with E-state index in [1.54, 1.807) is 17.5 Å². The molecular weight excluding hydrogens is 306 g/mol. The number of hydrogen-bond donors (Lipinski definition) is 1. The molecule has 23 heavy (non-hydrogen) atoms. The number of carbonyl (C=O) groups excluding carboxylic acids is 1. The van der Waals surface area contributed by atoms with Crippen LogP contribution in [0.3, 0.4) is 0 Å². The first-order valence-corrected chi connectivity index (χ1v) is 9.28. The van der Waals surface area contributed by atoms with Crippen molar-refractivity contribution in [3.8, 4) is 0 Å². The van der Waals surface area contributed by atoms with Crippen molar-refractivity contribution < 1.29 is 4.79 Å². The van der Waals surface area contributed by atoms with Gasteiger partial charge in [-0.3, -0.25) is 4.79 Å². The lowest BCUT2D eigenvalue weighted by Crippen LogP contribution is -2.39. The fourth-order valence-corrected chi connectivity index (χ4v) is 4.46. The number of nitrogens with zero attached hydrogens (tertiary/aromatic N) is 2. The summed E-state index contributed by atoms with van der Waals surface area (Å²) in [7, 11) is 0. The summed E-state index contributed by atoms with van der Waals surface area (Å²) in [6, 6.07) is 6.21. The number of fused-ring (bicyclic) bond motifs is 1. The van der Waals surface area contributed by atoms with Gasteiger partial charge in [0, 0.05) is 23.8 Å². The van der Waals surface area contributed by atoms with Gasteiger partial charge in [-0.2, -0.15) is 0 Å². The average molecular weight is 327 g/mol. The maximum Gasteiger partial charge on any atom is 0.247 e. The molecule has 1 aliphatic carbocycles. The van der Waals surface area contributed by atoms with E-state index >= 15 is 0 Å². The van der Waals surface area contributed by atoms with Crippen molar-refractivity contribution in [2.45, 2.75) is 44.6 Å². The van der Waals surface area contributed by atoms with E-state index in [2.05, 4.69) is 27.3 Å². The highest BCUT2D eigenvalue weighted by atomic mass is 32.1. The Labute approximate surface area is 140 Å². The minimum atomic E-state index is -0.0967. The third-order valence-corrected chi connectivity index (χ3v) is 5.68. The smallest absolute Gasteiger partial charge is 0.247 e. The number of aromatic nitrogens is 1. The number of aryl methyl sites for hydroxylation is 1. The second kappa shape index (κ2) is 6.32. The number of nitrogens with one attached hydrogen (secondary N) is 1. The predicted octanol–water partition coefficient (Wildman–Crippen LogP) is 3.63. The molecule has 0 saturated carbocycles. The van der Waals surface area contributed by atoms with Crippen molar-refractivity contribution in [2.24, 2.45) is 0 Å². The van der Waals surface area contributed by atoms with Crippen LogP contribution in [0.5, 0.6) is 0 Å². The molecule has 0 radical (unpaired) electrons. The normalized spacial score (nSPS) is 20.3. The summed E-state index contributed by atoms with van der Waals surface area (Å²) < 4.78 is 0. The molecular formula is C18H21N3OS. The molecule has 1 fully saturated rings.